The summed E-state index contributed by atoms with van der Waals surface area (Å²) in [7, 11) is 1.76. The summed E-state index contributed by atoms with van der Waals surface area (Å²) < 4.78 is 0. The van der Waals surface area contributed by atoms with Gasteiger partial charge in [-0.1, -0.05) is 49.4 Å². The van der Waals surface area contributed by atoms with Crippen molar-refractivity contribution in [2.45, 2.75) is 38.6 Å². The number of nitrogens with one attached hydrogen (secondary N) is 2. The molecule has 2 amide bonds. The normalized spacial score (nSPS) is 15.7. The molecule has 1 heterocycles. The Morgan fingerprint density at radius 2 is 1.53 bits per heavy atom. The second-order valence-corrected chi connectivity index (χ2v) is 7.65. The van der Waals surface area contributed by atoms with Crippen molar-refractivity contribution in [3.05, 3.63) is 71.3 Å². The Kier molecular flexibility index (Phi) is 7.22. The van der Waals surface area contributed by atoms with Crippen molar-refractivity contribution in [1.82, 2.24) is 15.5 Å². The quantitative estimate of drug-likeness (QED) is 0.305. The number of benzene rings is 2. The predicted molar refractivity (Wildman–Crippen MR) is 120 cm³/mol. The molecule has 2 aromatic rings. The fourth-order valence-corrected chi connectivity index (χ4v) is 3.62. The summed E-state index contributed by atoms with van der Waals surface area (Å²) in [5.74, 6) is 0.721. The minimum atomic E-state index is -0.190. The van der Waals surface area contributed by atoms with E-state index in [4.69, 9.17) is 0 Å². The number of hydrogen-bond donors (Lipinski definition) is 2. The van der Waals surface area contributed by atoms with Gasteiger partial charge in [0.05, 0.1) is 11.1 Å². The number of rotatable bonds is 8. The number of unbranched alkanes of at least 4 members (excludes halogenated alkanes) is 1. The Bertz CT molecular complexity index is 875. The second-order valence-electron chi connectivity index (χ2n) is 7.65. The first-order valence-corrected chi connectivity index (χ1v) is 10.5. The van der Waals surface area contributed by atoms with Gasteiger partial charge in [0, 0.05) is 32.1 Å². The number of fused-ring (bicyclic) bond motifs is 1. The molecule has 6 nitrogen and oxygen atoms in total. The summed E-state index contributed by atoms with van der Waals surface area (Å²) in [5, 5.41) is 6.77. The van der Waals surface area contributed by atoms with Gasteiger partial charge in [0.15, 0.2) is 5.96 Å². The van der Waals surface area contributed by atoms with E-state index in [1.54, 1.807) is 31.3 Å². The lowest BCUT2D eigenvalue weighted by Crippen LogP contribution is -2.44. The van der Waals surface area contributed by atoms with E-state index in [-0.39, 0.29) is 17.9 Å². The molecule has 2 atom stereocenters. The van der Waals surface area contributed by atoms with Gasteiger partial charge in [-0.15, -0.1) is 0 Å². The highest BCUT2D eigenvalue weighted by molar-refractivity contribution is 6.21. The summed E-state index contributed by atoms with van der Waals surface area (Å²) in [6, 6.07) is 17.6. The van der Waals surface area contributed by atoms with Gasteiger partial charge < -0.3 is 10.6 Å². The van der Waals surface area contributed by atoms with E-state index in [1.165, 1.54) is 10.5 Å². The second kappa shape index (κ2) is 10.1. The van der Waals surface area contributed by atoms with Crippen LogP contribution >= 0.6 is 0 Å². The molecule has 1 aliphatic rings. The summed E-state index contributed by atoms with van der Waals surface area (Å²) >= 11 is 0. The van der Waals surface area contributed by atoms with Crippen LogP contribution in [0.1, 0.15) is 58.9 Å². The lowest BCUT2D eigenvalue weighted by Gasteiger charge is -2.24. The SMILES string of the molecule is CN=C(NCCCCN1C(=O)c2ccccc2C1=O)NC(C)C(C)c1ccccc1. The molecule has 2 N–H and O–H groups in total. The van der Waals surface area contributed by atoms with E-state index >= 15 is 0 Å². The summed E-state index contributed by atoms with van der Waals surface area (Å²) in [4.78, 5) is 30.4. The molecule has 0 radical (unpaired) electrons. The third-order valence-electron chi connectivity index (χ3n) is 5.64. The molecular weight excluding hydrogens is 376 g/mol. The third kappa shape index (κ3) is 4.87. The van der Waals surface area contributed by atoms with Crippen LogP contribution in [0.25, 0.3) is 0 Å². The van der Waals surface area contributed by atoms with Crippen molar-refractivity contribution in [1.29, 1.82) is 0 Å². The van der Waals surface area contributed by atoms with Crippen LogP contribution in [0, 0.1) is 0 Å². The number of aliphatic imine (C=N–C) groups is 1. The number of imide groups is 1. The molecule has 3 rings (SSSR count). The van der Waals surface area contributed by atoms with Gasteiger partial charge in [0.1, 0.15) is 0 Å². The van der Waals surface area contributed by atoms with Crippen molar-refractivity contribution >= 4 is 17.8 Å². The topological polar surface area (TPSA) is 73.8 Å². The first kappa shape index (κ1) is 21.6. The number of nitrogens with zero attached hydrogens (tertiary/aromatic N) is 2. The van der Waals surface area contributed by atoms with Crippen LogP contribution in [0.15, 0.2) is 59.6 Å². The van der Waals surface area contributed by atoms with Crippen molar-refractivity contribution in [3.63, 3.8) is 0 Å². The Hall–Kier alpha value is -3.15. The highest BCUT2D eigenvalue weighted by Gasteiger charge is 2.34. The zero-order valence-electron chi connectivity index (χ0n) is 17.9. The number of carbonyl (C=O) groups is 2. The minimum Gasteiger partial charge on any atom is -0.356 e. The first-order chi connectivity index (χ1) is 14.5. The lowest BCUT2D eigenvalue weighted by molar-refractivity contribution is 0.0652. The lowest BCUT2D eigenvalue weighted by atomic mass is 9.94. The highest BCUT2D eigenvalue weighted by atomic mass is 16.2. The zero-order valence-corrected chi connectivity index (χ0v) is 17.9. The van der Waals surface area contributed by atoms with Crippen molar-refractivity contribution < 1.29 is 9.59 Å². The van der Waals surface area contributed by atoms with E-state index in [2.05, 4.69) is 53.7 Å². The standard InChI is InChI=1S/C24H30N4O2/c1-17(19-11-5-4-6-12-19)18(2)27-24(25-3)26-15-9-10-16-28-22(29)20-13-7-8-14-21(20)23(28)30/h4-8,11-14,17-18H,9-10,15-16H2,1-3H3,(H2,25,26,27). The number of hydrogen-bond acceptors (Lipinski definition) is 3. The highest BCUT2D eigenvalue weighted by Crippen LogP contribution is 2.22. The molecule has 2 aromatic carbocycles. The molecule has 158 valence electrons. The molecular formula is C24H30N4O2. The minimum absolute atomic E-state index is 0.190. The molecule has 0 saturated heterocycles. The van der Waals surface area contributed by atoms with Crippen molar-refractivity contribution in [3.8, 4) is 0 Å². The summed E-state index contributed by atoms with van der Waals surface area (Å²) in [6.45, 7) is 5.49. The van der Waals surface area contributed by atoms with E-state index in [9.17, 15) is 9.59 Å². The Morgan fingerprint density at radius 3 is 2.13 bits per heavy atom. The monoisotopic (exact) mass is 406 g/mol. The molecule has 0 fully saturated rings. The fraction of sp³-hybridized carbons (Fsp3) is 0.375. The Morgan fingerprint density at radius 1 is 0.933 bits per heavy atom. The van der Waals surface area contributed by atoms with Crippen LogP contribution in [-0.4, -0.2) is 48.9 Å². The largest absolute Gasteiger partial charge is 0.356 e. The van der Waals surface area contributed by atoms with E-state index in [0.717, 1.165) is 25.3 Å². The smallest absolute Gasteiger partial charge is 0.261 e. The average molecular weight is 407 g/mol. The van der Waals surface area contributed by atoms with Crippen molar-refractivity contribution in [2.24, 2.45) is 4.99 Å². The summed E-state index contributed by atoms with van der Waals surface area (Å²) in [6.07, 6.45) is 1.57. The van der Waals surface area contributed by atoms with Crippen LogP contribution in [0.3, 0.4) is 0 Å². The first-order valence-electron chi connectivity index (χ1n) is 10.5. The maximum atomic E-state index is 12.4. The van der Waals surface area contributed by atoms with Gasteiger partial charge in [0.2, 0.25) is 0 Å². The third-order valence-corrected chi connectivity index (χ3v) is 5.64. The number of carbonyl (C=O) groups excluding carboxylic acids is 2. The van der Waals surface area contributed by atoms with E-state index in [0.29, 0.717) is 23.6 Å². The molecule has 0 aliphatic carbocycles. The van der Waals surface area contributed by atoms with Crippen LogP contribution in [0.5, 0.6) is 0 Å². The fourth-order valence-electron chi connectivity index (χ4n) is 3.62. The van der Waals surface area contributed by atoms with Gasteiger partial charge in [0.25, 0.3) is 11.8 Å². The van der Waals surface area contributed by atoms with Gasteiger partial charge >= 0.3 is 0 Å². The molecule has 1 aliphatic heterocycles. The van der Waals surface area contributed by atoms with E-state index < -0.39 is 0 Å². The maximum Gasteiger partial charge on any atom is 0.261 e. The van der Waals surface area contributed by atoms with Gasteiger partial charge in [-0.3, -0.25) is 19.5 Å². The van der Waals surface area contributed by atoms with Gasteiger partial charge in [-0.25, -0.2) is 0 Å². The molecule has 0 spiro atoms. The van der Waals surface area contributed by atoms with Crippen LogP contribution < -0.4 is 10.6 Å². The Labute approximate surface area is 178 Å². The molecule has 2 unspecified atom stereocenters. The molecule has 0 saturated carbocycles. The van der Waals surface area contributed by atoms with Gasteiger partial charge in [-0.05, 0) is 37.5 Å². The van der Waals surface area contributed by atoms with Crippen LogP contribution in [0.4, 0.5) is 0 Å². The molecule has 6 heteroatoms. The van der Waals surface area contributed by atoms with Crippen molar-refractivity contribution in [2.75, 3.05) is 20.1 Å². The number of amides is 2. The zero-order chi connectivity index (χ0) is 21.5. The summed E-state index contributed by atoms with van der Waals surface area (Å²) in [5.41, 5.74) is 2.30. The molecule has 0 aromatic heterocycles. The van der Waals surface area contributed by atoms with Gasteiger partial charge in [-0.2, -0.15) is 0 Å². The predicted octanol–water partition coefficient (Wildman–Crippen LogP) is 3.42. The maximum absolute atomic E-state index is 12.4. The van der Waals surface area contributed by atoms with E-state index in [1.807, 2.05) is 6.07 Å². The Balaban J connectivity index is 1.40. The van der Waals surface area contributed by atoms with Crippen LogP contribution in [-0.2, 0) is 0 Å². The molecule has 0 bridgehead atoms. The van der Waals surface area contributed by atoms with Crippen LogP contribution in [0.2, 0.25) is 0 Å². The number of guanidine groups is 1. The molecule has 30 heavy (non-hydrogen) atoms. The average Bonchev–Trinajstić information content (AvgIpc) is 3.02.